The van der Waals surface area contributed by atoms with Gasteiger partial charge in [-0.15, -0.1) is 0 Å². The first-order chi connectivity index (χ1) is 7.60. The molecule has 0 bridgehead atoms. The number of hydrogen-bond acceptors (Lipinski definition) is 4. The molecule has 0 aromatic heterocycles. The van der Waals surface area contributed by atoms with E-state index < -0.39 is 14.6 Å². The molecular weight excluding hydrogens is 224 g/mol. The van der Waals surface area contributed by atoms with Gasteiger partial charge in [0.05, 0.1) is 0 Å². The molecule has 4 nitrogen and oxygen atoms in total. The highest BCUT2D eigenvalue weighted by molar-refractivity contribution is 6.61. The van der Waals surface area contributed by atoms with Gasteiger partial charge in [0.15, 0.2) is 5.79 Å². The summed E-state index contributed by atoms with van der Waals surface area (Å²) >= 11 is 0. The van der Waals surface area contributed by atoms with Gasteiger partial charge in [-0.25, -0.2) is 0 Å². The molecule has 1 atom stereocenters. The second kappa shape index (κ2) is 6.12. The molecule has 0 saturated carbocycles. The van der Waals surface area contributed by atoms with Crippen LogP contribution in [-0.2, 0) is 18.0 Å². The van der Waals surface area contributed by atoms with Crippen LogP contribution < -0.4 is 0 Å². The molecule has 0 N–H and O–H groups in total. The van der Waals surface area contributed by atoms with Crippen LogP contribution in [0.25, 0.3) is 0 Å². The average Bonchev–Trinajstić information content (AvgIpc) is 2.18. The largest absolute Gasteiger partial charge is 0.503 e. The van der Waals surface area contributed by atoms with Crippen molar-refractivity contribution in [1.29, 1.82) is 0 Å². The van der Waals surface area contributed by atoms with Crippen LogP contribution >= 0.6 is 0 Å². The third-order valence-electron chi connectivity index (χ3n) is 2.66. The summed E-state index contributed by atoms with van der Waals surface area (Å²) in [5.41, 5.74) is 0. The Morgan fingerprint density at radius 2 is 1.75 bits per heavy atom. The lowest BCUT2D eigenvalue weighted by Crippen LogP contribution is -2.56. The van der Waals surface area contributed by atoms with Crippen LogP contribution in [-0.4, -0.2) is 34.4 Å². The predicted molar refractivity (Wildman–Crippen MR) is 64.2 cm³/mol. The fraction of sp³-hybridized carbons (Fsp3) is 1.00. The van der Waals surface area contributed by atoms with E-state index in [2.05, 4.69) is 0 Å². The van der Waals surface area contributed by atoms with Gasteiger partial charge in [-0.1, -0.05) is 0 Å². The van der Waals surface area contributed by atoms with Crippen LogP contribution in [0.15, 0.2) is 0 Å². The average molecular weight is 248 g/mol. The zero-order chi connectivity index (χ0) is 12.1. The first-order valence-corrected chi connectivity index (χ1v) is 8.15. The Labute approximate surface area is 99.6 Å². The molecule has 0 radical (unpaired) electrons. The molecule has 1 fully saturated rings. The Hall–Kier alpha value is 0.0569. The quantitative estimate of drug-likeness (QED) is 0.677. The number of rotatable bonds is 6. The maximum absolute atomic E-state index is 6.06. The van der Waals surface area contributed by atoms with Gasteiger partial charge in [0, 0.05) is 32.3 Å². The monoisotopic (exact) mass is 248 g/mol. The molecule has 0 aliphatic carbocycles. The zero-order valence-corrected chi connectivity index (χ0v) is 11.9. The van der Waals surface area contributed by atoms with E-state index in [0.717, 1.165) is 18.9 Å². The third-order valence-corrected chi connectivity index (χ3v) is 5.83. The van der Waals surface area contributed by atoms with Crippen molar-refractivity contribution < 1.29 is 18.0 Å². The van der Waals surface area contributed by atoms with Gasteiger partial charge < -0.3 is 18.0 Å². The van der Waals surface area contributed by atoms with Crippen LogP contribution in [0.2, 0.25) is 6.04 Å². The summed E-state index contributed by atoms with van der Waals surface area (Å²) in [7, 11) is -2.48. The topological polar surface area (TPSA) is 36.9 Å². The molecular formula is C11H24O4Si. The van der Waals surface area contributed by atoms with Gasteiger partial charge in [0.2, 0.25) is 0 Å². The highest BCUT2D eigenvalue weighted by Gasteiger charge is 2.50. The predicted octanol–water partition coefficient (Wildman–Crippen LogP) is 2.56. The van der Waals surface area contributed by atoms with Crippen molar-refractivity contribution in [3.05, 3.63) is 0 Å². The minimum absolute atomic E-state index is 0.524. The van der Waals surface area contributed by atoms with E-state index in [1.165, 1.54) is 0 Å². The SMILES string of the molecule is CCOC1(C)CCC[Si](OCC)(OCC)O1. The fourth-order valence-electron chi connectivity index (χ4n) is 2.15. The van der Waals surface area contributed by atoms with Crippen LogP contribution in [0.1, 0.15) is 40.5 Å². The summed E-state index contributed by atoms with van der Waals surface area (Å²) in [6.07, 6.45) is 1.96. The molecule has 1 aliphatic rings. The van der Waals surface area contributed by atoms with Gasteiger partial charge in [-0.3, -0.25) is 0 Å². The molecule has 1 saturated heterocycles. The highest BCUT2D eigenvalue weighted by atomic mass is 28.4. The summed E-state index contributed by atoms with van der Waals surface area (Å²) in [4.78, 5) is 0. The van der Waals surface area contributed by atoms with Crippen LogP contribution in [0.4, 0.5) is 0 Å². The summed E-state index contributed by atoms with van der Waals surface area (Å²) < 4.78 is 23.3. The molecule has 96 valence electrons. The van der Waals surface area contributed by atoms with Crippen molar-refractivity contribution in [2.24, 2.45) is 0 Å². The minimum Gasteiger partial charge on any atom is -0.374 e. The van der Waals surface area contributed by atoms with Crippen LogP contribution in [0, 0.1) is 0 Å². The Morgan fingerprint density at radius 1 is 1.12 bits per heavy atom. The van der Waals surface area contributed by atoms with Crippen molar-refractivity contribution in [1.82, 2.24) is 0 Å². The van der Waals surface area contributed by atoms with E-state index in [-0.39, 0.29) is 0 Å². The standard InChI is InChI=1S/C11H24O4Si/c1-5-12-11(4)9-8-10-16(15-11,13-6-2)14-7-3/h5-10H2,1-4H3. The maximum Gasteiger partial charge on any atom is 0.503 e. The Kier molecular flexibility index (Phi) is 5.40. The van der Waals surface area contributed by atoms with E-state index >= 15 is 0 Å². The molecule has 1 rings (SSSR count). The van der Waals surface area contributed by atoms with Gasteiger partial charge in [-0.2, -0.15) is 0 Å². The molecule has 5 heteroatoms. The maximum atomic E-state index is 6.06. The minimum atomic E-state index is -2.48. The first-order valence-electron chi connectivity index (χ1n) is 6.22. The first kappa shape index (κ1) is 14.1. The molecule has 1 heterocycles. The van der Waals surface area contributed by atoms with Crippen molar-refractivity contribution >= 4 is 8.80 Å². The second-order valence-electron chi connectivity index (χ2n) is 4.07. The van der Waals surface area contributed by atoms with Crippen molar-refractivity contribution in [2.45, 2.75) is 52.4 Å². The number of ether oxygens (including phenoxy) is 1. The lowest BCUT2D eigenvalue weighted by molar-refractivity contribution is -0.209. The zero-order valence-electron chi connectivity index (χ0n) is 10.9. The molecule has 1 unspecified atom stereocenters. The third kappa shape index (κ3) is 3.53. The van der Waals surface area contributed by atoms with E-state index in [4.69, 9.17) is 18.0 Å². The van der Waals surface area contributed by atoms with Gasteiger partial charge in [0.25, 0.3) is 0 Å². The fourth-order valence-corrected chi connectivity index (χ4v) is 5.05. The van der Waals surface area contributed by atoms with Crippen LogP contribution in [0.5, 0.6) is 0 Å². The molecule has 0 aromatic rings. The highest BCUT2D eigenvalue weighted by Crippen LogP contribution is 2.35. The molecule has 0 spiro atoms. The van der Waals surface area contributed by atoms with Gasteiger partial charge in [0.1, 0.15) is 0 Å². The summed E-state index contributed by atoms with van der Waals surface area (Å²) in [6, 6.07) is 0.900. The van der Waals surface area contributed by atoms with E-state index in [1.54, 1.807) is 0 Å². The normalized spacial score (nSPS) is 29.2. The Bertz CT molecular complexity index is 197. The van der Waals surface area contributed by atoms with Crippen molar-refractivity contribution in [3.63, 3.8) is 0 Å². The smallest absolute Gasteiger partial charge is 0.374 e. The lowest BCUT2D eigenvalue weighted by atomic mass is 10.2. The summed E-state index contributed by atoms with van der Waals surface area (Å²) in [5.74, 6) is -0.524. The lowest BCUT2D eigenvalue weighted by Gasteiger charge is -2.42. The molecule has 1 aliphatic heterocycles. The second-order valence-corrected chi connectivity index (χ2v) is 6.72. The summed E-state index contributed by atoms with van der Waals surface area (Å²) in [6.45, 7) is 9.83. The van der Waals surface area contributed by atoms with Crippen molar-refractivity contribution in [2.75, 3.05) is 19.8 Å². The Morgan fingerprint density at radius 3 is 2.25 bits per heavy atom. The van der Waals surface area contributed by atoms with Gasteiger partial charge >= 0.3 is 8.80 Å². The molecule has 16 heavy (non-hydrogen) atoms. The summed E-state index contributed by atoms with van der Waals surface area (Å²) in [5, 5.41) is 0. The van der Waals surface area contributed by atoms with Crippen molar-refractivity contribution in [3.8, 4) is 0 Å². The van der Waals surface area contributed by atoms with Gasteiger partial charge in [-0.05, 0) is 34.1 Å². The molecule has 0 aromatic carbocycles. The van der Waals surface area contributed by atoms with E-state index in [9.17, 15) is 0 Å². The van der Waals surface area contributed by atoms with E-state index in [1.807, 2.05) is 27.7 Å². The number of hydrogen-bond donors (Lipinski definition) is 0. The van der Waals surface area contributed by atoms with E-state index in [0.29, 0.717) is 19.8 Å². The molecule has 0 amide bonds. The van der Waals surface area contributed by atoms with Crippen LogP contribution in [0.3, 0.4) is 0 Å². The Balaban J connectivity index is 2.69.